The maximum Gasteiger partial charge on any atom is 0.260 e. The molecular weight excluding hydrogens is 444 g/mol. The van der Waals surface area contributed by atoms with Gasteiger partial charge in [-0.2, -0.15) is 0 Å². The van der Waals surface area contributed by atoms with Crippen LogP contribution in [-0.2, 0) is 4.79 Å². The van der Waals surface area contributed by atoms with Gasteiger partial charge in [-0.15, -0.1) is 0 Å². The van der Waals surface area contributed by atoms with Gasteiger partial charge in [-0.1, -0.05) is 13.8 Å². The Hall–Kier alpha value is -3.56. The highest BCUT2D eigenvalue weighted by atomic mass is 19.2. The number of halogens is 2. The molecule has 0 radical (unpaired) electrons. The molecule has 1 saturated heterocycles. The number of carbonyl (C=O) groups excluding carboxylic acids is 1. The second-order valence-corrected chi connectivity index (χ2v) is 8.72. The third-order valence-electron chi connectivity index (χ3n) is 6.19. The van der Waals surface area contributed by atoms with Gasteiger partial charge in [0, 0.05) is 37.7 Å². The number of anilines is 1. The second kappa shape index (κ2) is 8.66. The predicted molar refractivity (Wildman–Crippen MR) is 122 cm³/mol. The monoisotopic (exact) mass is 469 g/mol. The molecule has 0 saturated carbocycles. The Morgan fingerprint density at radius 3 is 2.59 bits per heavy atom. The number of hydrogen-bond acceptors (Lipinski definition) is 7. The Kier molecular flexibility index (Phi) is 5.66. The average Bonchev–Trinajstić information content (AvgIpc) is 3.49. The molecule has 2 aromatic heterocycles. The Morgan fingerprint density at radius 1 is 1.15 bits per heavy atom. The number of likely N-dealkylation sites (N-methyl/N-ethyl adjacent to an activating group) is 1. The van der Waals surface area contributed by atoms with Crippen LogP contribution in [0.4, 0.5) is 14.6 Å². The summed E-state index contributed by atoms with van der Waals surface area (Å²) in [6.45, 7) is 7.63. The van der Waals surface area contributed by atoms with Crippen LogP contribution in [0.1, 0.15) is 27.2 Å². The number of pyridine rings is 1. The van der Waals surface area contributed by atoms with Crippen LogP contribution in [0.2, 0.25) is 0 Å². The molecule has 0 bridgehead atoms. The van der Waals surface area contributed by atoms with Crippen molar-refractivity contribution in [3.8, 4) is 23.0 Å². The van der Waals surface area contributed by atoms with Gasteiger partial charge in [-0.25, -0.2) is 23.7 Å². The van der Waals surface area contributed by atoms with Crippen molar-refractivity contribution >= 4 is 22.8 Å². The summed E-state index contributed by atoms with van der Waals surface area (Å²) in [5.74, 6) is -0.601. The molecule has 2 aliphatic rings. The zero-order chi connectivity index (χ0) is 24.0. The fourth-order valence-corrected chi connectivity index (χ4v) is 4.47. The van der Waals surface area contributed by atoms with E-state index in [0.717, 1.165) is 18.6 Å². The predicted octanol–water partition coefficient (Wildman–Crippen LogP) is 3.78. The summed E-state index contributed by atoms with van der Waals surface area (Å²) < 4.78 is 38.7. The third kappa shape index (κ3) is 3.86. The first-order chi connectivity index (χ1) is 16.4. The van der Waals surface area contributed by atoms with Crippen LogP contribution >= 0.6 is 0 Å². The number of fused-ring (bicyclic) bond motifs is 2. The normalized spacial score (nSPS) is 17.1. The quantitative estimate of drug-likeness (QED) is 0.563. The van der Waals surface area contributed by atoms with Crippen LogP contribution in [0.25, 0.3) is 22.4 Å². The molecule has 1 amide bonds. The van der Waals surface area contributed by atoms with Crippen molar-refractivity contribution in [2.45, 2.75) is 33.2 Å². The number of hydrogen-bond donors (Lipinski definition) is 0. The van der Waals surface area contributed by atoms with Gasteiger partial charge < -0.3 is 19.3 Å². The van der Waals surface area contributed by atoms with Crippen LogP contribution in [0.5, 0.6) is 11.6 Å². The molecule has 0 unspecified atom stereocenters. The molecule has 0 spiro atoms. The van der Waals surface area contributed by atoms with Crippen LogP contribution in [0, 0.1) is 17.6 Å². The van der Waals surface area contributed by atoms with Crippen molar-refractivity contribution in [1.29, 1.82) is 0 Å². The lowest BCUT2D eigenvalue weighted by molar-refractivity contribution is -0.136. The van der Waals surface area contributed by atoms with Crippen molar-refractivity contribution in [2.24, 2.45) is 5.92 Å². The van der Waals surface area contributed by atoms with Gasteiger partial charge in [0.15, 0.2) is 23.2 Å². The first-order valence-electron chi connectivity index (χ1n) is 11.3. The molecule has 34 heavy (non-hydrogen) atoms. The van der Waals surface area contributed by atoms with Gasteiger partial charge in [0.05, 0.1) is 22.8 Å². The molecule has 1 fully saturated rings. The lowest BCUT2D eigenvalue weighted by Crippen LogP contribution is -2.43. The van der Waals surface area contributed by atoms with Crippen molar-refractivity contribution in [3.63, 3.8) is 0 Å². The lowest BCUT2D eigenvalue weighted by atomic mass is 10.1. The number of nitrogens with zero attached hydrogens (tertiary/aromatic N) is 5. The summed E-state index contributed by atoms with van der Waals surface area (Å²) >= 11 is 0. The second-order valence-electron chi connectivity index (χ2n) is 8.72. The Morgan fingerprint density at radius 2 is 1.88 bits per heavy atom. The molecule has 3 aromatic rings. The number of rotatable bonds is 5. The van der Waals surface area contributed by atoms with Gasteiger partial charge in [0.2, 0.25) is 12.7 Å². The smallest absolute Gasteiger partial charge is 0.260 e. The fourth-order valence-electron chi connectivity index (χ4n) is 4.47. The van der Waals surface area contributed by atoms with Gasteiger partial charge in [-0.05, 0) is 25.5 Å². The Labute approximate surface area is 195 Å². The number of amides is 1. The number of carbonyl (C=O) groups is 1. The van der Waals surface area contributed by atoms with Crippen LogP contribution in [0.15, 0.2) is 24.3 Å². The number of ether oxygens (including phenoxy) is 2. The zero-order valence-electron chi connectivity index (χ0n) is 19.2. The van der Waals surface area contributed by atoms with Gasteiger partial charge in [0.1, 0.15) is 5.69 Å². The molecule has 1 atom stereocenters. The first kappa shape index (κ1) is 22.2. The highest BCUT2D eigenvalue weighted by molar-refractivity contribution is 5.83. The molecule has 0 aliphatic carbocycles. The molecule has 5 rings (SSSR count). The summed E-state index contributed by atoms with van der Waals surface area (Å²) in [6.07, 6.45) is 0.762. The van der Waals surface area contributed by atoms with Crippen molar-refractivity contribution < 1.29 is 23.0 Å². The van der Waals surface area contributed by atoms with Crippen molar-refractivity contribution in [2.75, 3.05) is 31.3 Å². The van der Waals surface area contributed by atoms with Crippen molar-refractivity contribution in [3.05, 3.63) is 35.9 Å². The first-order valence-corrected chi connectivity index (χ1v) is 11.3. The van der Waals surface area contributed by atoms with E-state index in [0.29, 0.717) is 48.5 Å². The van der Waals surface area contributed by atoms with Crippen LogP contribution < -0.4 is 14.4 Å². The van der Waals surface area contributed by atoms with Gasteiger partial charge in [0.25, 0.3) is 5.88 Å². The van der Waals surface area contributed by atoms with E-state index in [2.05, 4.69) is 15.0 Å². The van der Waals surface area contributed by atoms with Crippen molar-refractivity contribution in [1.82, 2.24) is 19.9 Å². The van der Waals surface area contributed by atoms with E-state index in [9.17, 15) is 13.6 Å². The van der Waals surface area contributed by atoms with E-state index in [1.807, 2.05) is 30.6 Å². The largest absolute Gasteiger partial charge is 0.452 e. The summed E-state index contributed by atoms with van der Waals surface area (Å²) in [7, 11) is 0. The minimum Gasteiger partial charge on any atom is -0.452 e. The highest BCUT2D eigenvalue weighted by Gasteiger charge is 2.33. The fraction of sp³-hybridized carbons (Fsp3) is 0.417. The van der Waals surface area contributed by atoms with E-state index in [1.165, 1.54) is 0 Å². The van der Waals surface area contributed by atoms with E-state index in [1.54, 1.807) is 12.1 Å². The SMILES string of the molecule is CCN(C(=O)C(C)C)[C@H]1CCN(c2nc3cc(F)c(F)cc3nc2-c2ccc3c(n2)OCO3)C1. The lowest BCUT2D eigenvalue weighted by Gasteiger charge is -2.30. The Bertz CT molecular complexity index is 1270. The standard InChI is InChI=1S/C24H25F2N5O3/c1-4-31(24(32)13(2)3)14-7-8-30(11-14)22-21(17-5-6-20-23(29-17)34-12-33-20)27-18-9-15(25)16(26)10-19(18)28-22/h5-6,9-10,13-14H,4,7-8,11-12H2,1-3H3/t14-/m0/s1. The summed E-state index contributed by atoms with van der Waals surface area (Å²) in [4.78, 5) is 30.4. The minimum atomic E-state index is -0.994. The van der Waals surface area contributed by atoms with Gasteiger partial charge in [-0.3, -0.25) is 4.79 Å². The molecule has 8 nitrogen and oxygen atoms in total. The van der Waals surface area contributed by atoms with Crippen LogP contribution in [-0.4, -0.2) is 58.2 Å². The van der Waals surface area contributed by atoms with E-state index in [4.69, 9.17) is 9.47 Å². The molecule has 0 N–H and O–H groups in total. The summed E-state index contributed by atoms with van der Waals surface area (Å²) in [5.41, 5.74) is 1.37. The maximum atomic E-state index is 14.0. The topological polar surface area (TPSA) is 80.7 Å². The molecular formula is C24H25F2N5O3. The summed E-state index contributed by atoms with van der Waals surface area (Å²) in [5, 5.41) is 0. The molecule has 178 valence electrons. The molecule has 2 aliphatic heterocycles. The van der Waals surface area contributed by atoms with Gasteiger partial charge >= 0.3 is 0 Å². The molecule has 10 heteroatoms. The van der Waals surface area contributed by atoms with E-state index < -0.39 is 11.6 Å². The Balaban J connectivity index is 1.57. The third-order valence-corrected chi connectivity index (χ3v) is 6.19. The van der Waals surface area contributed by atoms with E-state index in [-0.39, 0.29) is 35.7 Å². The average molecular weight is 469 g/mol. The number of benzene rings is 1. The molecule has 4 heterocycles. The van der Waals surface area contributed by atoms with Crippen LogP contribution in [0.3, 0.4) is 0 Å². The molecule has 1 aromatic carbocycles. The maximum absolute atomic E-state index is 14.0. The summed E-state index contributed by atoms with van der Waals surface area (Å²) in [6, 6.07) is 5.57. The zero-order valence-corrected chi connectivity index (χ0v) is 19.2. The highest BCUT2D eigenvalue weighted by Crippen LogP contribution is 2.36. The van der Waals surface area contributed by atoms with E-state index >= 15 is 0 Å². The number of aromatic nitrogens is 3. The minimum absolute atomic E-state index is 0.0138.